The summed E-state index contributed by atoms with van der Waals surface area (Å²) in [5, 5.41) is 15.0. The minimum absolute atomic E-state index is 0.119. The summed E-state index contributed by atoms with van der Waals surface area (Å²) in [5.74, 6) is -0.509. The molecule has 1 atom stereocenters. The van der Waals surface area contributed by atoms with E-state index < -0.39 is 22.9 Å². The van der Waals surface area contributed by atoms with Gasteiger partial charge in [0, 0.05) is 12.1 Å². The largest absolute Gasteiger partial charge is 0.322 e. The van der Waals surface area contributed by atoms with Crippen molar-refractivity contribution in [3.05, 3.63) is 39.9 Å². The van der Waals surface area contributed by atoms with E-state index in [0.29, 0.717) is 5.56 Å². The zero-order valence-electron chi connectivity index (χ0n) is 7.97. The molecule has 1 aliphatic heterocycles. The molecule has 1 aromatic rings. The number of carbonyl (C=O) groups excluding carboxylic acids is 2. The van der Waals surface area contributed by atoms with Crippen LogP contribution in [0.4, 0.5) is 10.5 Å². The first-order valence-corrected chi connectivity index (χ1v) is 4.43. The number of benzene rings is 1. The van der Waals surface area contributed by atoms with E-state index in [1.807, 2.05) is 0 Å². The third kappa shape index (κ3) is 1.70. The third-order valence-corrected chi connectivity index (χ3v) is 2.19. The van der Waals surface area contributed by atoms with Crippen LogP contribution in [0, 0.1) is 10.1 Å². The van der Waals surface area contributed by atoms with Crippen molar-refractivity contribution >= 4 is 17.6 Å². The van der Waals surface area contributed by atoms with Gasteiger partial charge in [-0.15, -0.1) is 0 Å². The highest BCUT2D eigenvalue weighted by atomic mass is 16.6. The van der Waals surface area contributed by atoms with Crippen molar-refractivity contribution in [2.45, 2.75) is 6.04 Å². The molecule has 2 rings (SSSR count). The quantitative estimate of drug-likeness (QED) is 0.430. The number of hydrogen-bond donors (Lipinski definition) is 2. The lowest BCUT2D eigenvalue weighted by molar-refractivity contribution is -0.384. The Morgan fingerprint density at radius 1 is 1.31 bits per heavy atom. The van der Waals surface area contributed by atoms with Gasteiger partial charge in [0.1, 0.15) is 6.04 Å². The van der Waals surface area contributed by atoms with Crippen molar-refractivity contribution in [1.29, 1.82) is 0 Å². The Morgan fingerprint density at radius 3 is 2.62 bits per heavy atom. The van der Waals surface area contributed by atoms with Gasteiger partial charge in [-0.25, -0.2) is 4.79 Å². The molecule has 82 valence electrons. The average molecular weight is 221 g/mol. The zero-order valence-corrected chi connectivity index (χ0v) is 7.97. The number of carbonyl (C=O) groups is 2. The first-order valence-electron chi connectivity index (χ1n) is 4.43. The number of nitrogens with one attached hydrogen (secondary N) is 2. The second-order valence-corrected chi connectivity index (χ2v) is 3.25. The van der Waals surface area contributed by atoms with E-state index >= 15 is 0 Å². The fraction of sp³-hybridized carbons (Fsp3) is 0.111. The SMILES string of the molecule is O=C1NC(=O)C(c2cccc([N+](=O)[O-])c2)N1. The van der Waals surface area contributed by atoms with Crippen molar-refractivity contribution < 1.29 is 14.5 Å². The summed E-state index contributed by atoms with van der Waals surface area (Å²) in [6, 6.07) is 4.14. The van der Waals surface area contributed by atoms with Crippen molar-refractivity contribution in [2.75, 3.05) is 0 Å². The summed E-state index contributed by atoms with van der Waals surface area (Å²) in [4.78, 5) is 32.2. The maximum Gasteiger partial charge on any atom is 0.322 e. The maximum atomic E-state index is 11.3. The summed E-state index contributed by atoms with van der Waals surface area (Å²) in [5.41, 5.74) is 0.268. The zero-order chi connectivity index (χ0) is 11.7. The van der Waals surface area contributed by atoms with Gasteiger partial charge < -0.3 is 5.32 Å². The highest BCUT2D eigenvalue weighted by Crippen LogP contribution is 2.21. The molecule has 7 heteroatoms. The molecule has 1 fully saturated rings. The summed E-state index contributed by atoms with van der Waals surface area (Å²) in [7, 11) is 0. The molecule has 3 amide bonds. The van der Waals surface area contributed by atoms with Crippen molar-refractivity contribution in [2.24, 2.45) is 0 Å². The van der Waals surface area contributed by atoms with E-state index in [-0.39, 0.29) is 5.69 Å². The van der Waals surface area contributed by atoms with Gasteiger partial charge in [0.05, 0.1) is 4.92 Å². The standard InChI is InChI=1S/C9H7N3O4/c13-8-7(10-9(14)11-8)5-2-1-3-6(4-5)12(15)16/h1-4,7H,(H2,10,11,13,14). The molecule has 2 N–H and O–H groups in total. The van der Waals surface area contributed by atoms with Crippen molar-refractivity contribution in [3.8, 4) is 0 Å². The fourth-order valence-electron chi connectivity index (χ4n) is 1.47. The van der Waals surface area contributed by atoms with Gasteiger partial charge >= 0.3 is 6.03 Å². The molecule has 1 unspecified atom stereocenters. The lowest BCUT2D eigenvalue weighted by Gasteiger charge is -2.06. The van der Waals surface area contributed by atoms with Crippen LogP contribution in [0.2, 0.25) is 0 Å². The molecule has 16 heavy (non-hydrogen) atoms. The Morgan fingerprint density at radius 2 is 2.06 bits per heavy atom. The molecule has 1 aromatic carbocycles. The smallest absolute Gasteiger partial charge is 0.322 e. The Kier molecular flexibility index (Phi) is 2.28. The molecule has 1 saturated heterocycles. The van der Waals surface area contributed by atoms with Crippen LogP contribution < -0.4 is 10.6 Å². The number of non-ortho nitro benzene ring substituents is 1. The fourth-order valence-corrected chi connectivity index (χ4v) is 1.47. The summed E-state index contributed by atoms with van der Waals surface area (Å²) in [6.07, 6.45) is 0. The number of imide groups is 1. The minimum atomic E-state index is -0.854. The van der Waals surface area contributed by atoms with Crippen LogP contribution >= 0.6 is 0 Å². The number of nitrogens with zero attached hydrogens (tertiary/aromatic N) is 1. The summed E-state index contributed by atoms with van der Waals surface area (Å²) >= 11 is 0. The van der Waals surface area contributed by atoms with E-state index in [2.05, 4.69) is 10.6 Å². The Bertz CT molecular complexity index is 485. The molecule has 7 nitrogen and oxygen atoms in total. The second-order valence-electron chi connectivity index (χ2n) is 3.25. The molecular formula is C9H7N3O4. The van der Waals surface area contributed by atoms with Crippen LogP contribution in [-0.4, -0.2) is 16.9 Å². The molecule has 0 bridgehead atoms. The summed E-state index contributed by atoms with van der Waals surface area (Å²) < 4.78 is 0. The van der Waals surface area contributed by atoms with Gasteiger partial charge in [0.25, 0.3) is 11.6 Å². The van der Waals surface area contributed by atoms with E-state index in [1.165, 1.54) is 18.2 Å². The van der Waals surface area contributed by atoms with Crippen molar-refractivity contribution in [1.82, 2.24) is 10.6 Å². The normalized spacial score (nSPS) is 19.1. The van der Waals surface area contributed by atoms with Gasteiger partial charge in [-0.2, -0.15) is 0 Å². The van der Waals surface area contributed by atoms with E-state index in [4.69, 9.17) is 0 Å². The molecule has 1 aliphatic rings. The number of nitro groups is 1. The Balaban J connectivity index is 2.34. The molecular weight excluding hydrogens is 214 g/mol. The predicted molar refractivity (Wildman–Crippen MR) is 52.5 cm³/mol. The molecule has 0 aliphatic carbocycles. The van der Waals surface area contributed by atoms with Gasteiger partial charge in [0.15, 0.2) is 0 Å². The van der Waals surface area contributed by atoms with Gasteiger partial charge in [-0.3, -0.25) is 20.2 Å². The van der Waals surface area contributed by atoms with Crippen LogP contribution in [0.1, 0.15) is 11.6 Å². The number of hydrogen-bond acceptors (Lipinski definition) is 4. The number of urea groups is 1. The molecule has 0 saturated carbocycles. The van der Waals surface area contributed by atoms with Gasteiger partial charge in [0.2, 0.25) is 0 Å². The highest BCUT2D eigenvalue weighted by Gasteiger charge is 2.31. The van der Waals surface area contributed by atoms with Crippen LogP contribution in [0.15, 0.2) is 24.3 Å². The van der Waals surface area contributed by atoms with Crippen LogP contribution in [0.25, 0.3) is 0 Å². The Hall–Kier alpha value is -2.44. The number of amides is 3. The Labute approximate surface area is 89.6 Å². The lowest BCUT2D eigenvalue weighted by atomic mass is 10.1. The third-order valence-electron chi connectivity index (χ3n) is 2.19. The average Bonchev–Trinajstić information content (AvgIpc) is 2.58. The predicted octanol–water partition coefficient (Wildman–Crippen LogP) is 0.475. The number of nitro benzene ring substituents is 1. The van der Waals surface area contributed by atoms with Crippen molar-refractivity contribution in [3.63, 3.8) is 0 Å². The van der Waals surface area contributed by atoms with Gasteiger partial charge in [-0.05, 0) is 5.56 Å². The molecule has 0 radical (unpaired) electrons. The first kappa shape index (κ1) is 10.1. The maximum absolute atomic E-state index is 11.3. The number of rotatable bonds is 2. The van der Waals surface area contributed by atoms with E-state index in [9.17, 15) is 19.7 Å². The van der Waals surface area contributed by atoms with Crippen LogP contribution in [-0.2, 0) is 4.79 Å². The van der Waals surface area contributed by atoms with Crippen LogP contribution in [0.5, 0.6) is 0 Å². The van der Waals surface area contributed by atoms with E-state index in [0.717, 1.165) is 0 Å². The monoisotopic (exact) mass is 221 g/mol. The second kappa shape index (κ2) is 3.61. The highest BCUT2D eigenvalue weighted by molar-refractivity contribution is 6.04. The van der Waals surface area contributed by atoms with Gasteiger partial charge in [-0.1, -0.05) is 12.1 Å². The lowest BCUT2D eigenvalue weighted by Crippen LogP contribution is -2.22. The van der Waals surface area contributed by atoms with E-state index in [1.54, 1.807) is 6.07 Å². The molecule has 0 aromatic heterocycles. The summed E-state index contributed by atoms with van der Waals surface area (Å²) in [6.45, 7) is 0. The first-order chi connectivity index (χ1) is 7.58. The molecule has 1 heterocycles. The minimum Gasteiger partial charge on any atom is -0.322 e. The molecule has 0 spiro atoms. The van der Waals surface area contributed by atoms with Crippen LogP contribution in [0.3, 0.4) is 0 Å². The topological polar surface area (TPSA) is 101 Å².